The minimum atomic E-state index is -0.605. The van der Waals surface area contributed by atoms with E-state index in [1.807, 2.05) is 42.5 Å². The van der Waals surface area contributed by atoms with Gasteiger partial charge in [-0.05, 0) is 41.1 Å². The summed E-state index contributed by atoms with van der Waals surface area (Å²) in [5.74, 6) is -1.15. The summed E-state index contributed by atoms with van der Waals surface area (Å²) in [5.41, 5.74) is 1.15. The van der Waals surface area contributed by atoms with E-state index < -0.39 is 11.7 Å². The molecule has 5 rings (SSSR count). The van der Waals surface area contributed by atoms with Crippen LogP contribution < -0.4 is 0 Å². The van der Waals surface area contributed by atoms with Gasteiger partial charge in [-0.3, -0.25) is 14.6 Å². The first-order valence-electron chi connectivity index (χ1n) is 10.3. The third kappa shape index (κ3) is 3.56. The third-order valence-electron chi connectivity index (χ3n) is 5.86. The van der Waals surface area contributed by atoms with Crippen LogP contribution in [0.4, 0.5) is 4.39 Å². The first-order valence-corrected chi connectivity index (χ1v) is 10.7. The Labute approximate surface area is 189 Å². The van der Waals surface area contributed by atoms with E-state index >= 15 is 0 Å². The maximum Gasteiger partial charge on any atom is 0.257 e. The Morgan fingerprint density at radius 3 is 2.22 bits per heavy atom. The monoisotopic (exact) mass is 447 g/mol. The Kier molecular flexibility index (Phi) is 5.23. The number of amides is 2. The van der Waals surface area contributed by atoms with E-state index in [0.717, 1.165) is 16.2 Å². The molecule has 0 bridgehead atoms. The lowest BCUT2D eigenvalue weighted by atomic mass is 10.00. The fourth-order valence-corrected chi connectivity index (χ4v) is 4.38. The summed E-state index contributed by atoms with van der Waals surface area (Å²) in [6.45, 7) is 1.34. The molecule has 1 aliphatic rings. The van der Waals surface area contributed by atoms with Gasteiger partial charge in [0.15, 0.2) is 0 Å². The summed E-state index contributed by atoms with van der Waals surface area (Å²) in [5, 5.41) is 3.26. The molecule has 4 aromatic rings. The van der Waals surface area contributed by atoms with Gasteiger partial charge in [-0.25, -0.2) is 4.39 Å². The van der Waals surface area contributed by atoms with Crippen LogP contribution in [0.15, 0.2) is 66.9 Å². The predicted octanol–water partition coefficient (Wildman–Crippen LogP) is 4.78. The van der Waals surface area contributed by atoms with Gasteiger partial charge < -0.3 is 9.80 Å². The molecule has 2 heterocycles. The smallest absolute Gasteiger partial charge is 0.257 e. The van der Waals surface area contributed by atoms with Crippen LogP contribution in [0.5, 0.6) is 0 Å². The van der Waals surface area contributed by atoms with Crippen LogP contribution in [-0.2, 0) is 0 Å². The standard InChI is InChI=1S/C25H19ClFN3O2/c26-17-7-8-22(27)20(15-17)24(31)29-10-12-30(13-11-29)25(32)21-14-16-4-1-2-5-18(16)19-6-3-9-28-23(19)21/h1-9,14-15H,10-13H2. The molecule has 1 aromatic heterocycles. The molecule has 1 fully saturated rings. The molecular formula is C25H19ClFN3O2. The maximum atomic E-state index is 14.1. The van der Waals surface area contributed by atoms with Crippen molar-refractivity contribution < 1.29 is 14.0 Å². The fraction of sp³-hybridized carbons (Fsp3) is 0.160. The second-order valence-corrected chi connectivity index (χ2v) is 8.19. The Hall–Kier alpha value is -3.51. The zero-order chi connectivity index (χ0) is 22.2. The van der Waals surface area contributed by atoms with Crippen LogP contribution in [0.3, 0.4) is 0 Å². The average Bonchev–Trinajstić information content (AvgIpc) is 2.84. The number of carbonyl (C=O) groups excluding carboxylic acids is 2. The summed E-state index contributed by atoms with van der Waals surface area (Å²) in [6, 6.07) is 17.6. The minimum Gasteiger partial charge on any atom is -0.335 e. The Bertz CT molecular complexity index is 1370. The van der Waals surface area contributed by atoms with Crippen molar-refractivity contribution in [3.63, 3.8) is 0 Å². The molecule has 2 amide bonds. The van der Waals surface area contributed by atoms with Gasteiger partial charge in [0, 0.05) is 42.8 Å². The molecule has 1 saturated heterocycles. The third-order valence-corrected chi connectivity index (χ3v) is 6.09. The molecular weight excluding hydrogens is 429 g/mol. The van der Waals surface area contributed by atoms with Crippen molar-refractivity contribution in [2.24, 2.45) is 0 Å². The van der Waals surface area contributed by atoms with E-state index in [4.69, 9.17) is 11.6 Å². The molecule has 32 heavy (non-hydrogen) atoms. The van der Waals surface area contributed by atoms with Gasteiger partial charge in [0.25, 0.3) is 11.8 Å². The van der Waals surface area contributed by atoms with Gasteiger partial charge in [-0.2, -0.15) is 0 Å². The van der Waals surface area contributed by atoms with Crippen LogP contribution in [0.2, 0.25) is 5.02 Å². The Balaban J connectivity index is 1.39. The predicted molar refractivity (Wildman–Crippen MR) is 122 cm³/mol. The van der Waals surface area contributed by atoms with Crippen molar-refractivity contribution >= 4 is 45.1 Å². The number of piperazine rings is 1. The van der Waals surface area contributed by atoms with Gasteiger partial charge in [0.2, 0.25) is 0 Å². The van der Waals surface area contributed by atoms with E-state index in [9.17, 15) is 14.0 Å². The molecule has 0 aliphatic carbocycles. The highest BCUT2D eigenvalue weighted by atomic mass is 35.5. The molecule has 0 unspecified atom stereocenters. The SMILES string of the molecule is O=C(c1cc(Cl)ccc1F)N1CCN(C(=O)c2cc3ccccc3c3cccnc23)CC1. The molecule has 0 saturated carbocycles. The zero-order valence-electron chi connectivity index (χ0n) is 17.1. The lowest BCUT2D eigenvalue weighted by molar-refractivity contribution is 0.0534. The highest BCUT2D eigenvalue weighted by molar-refractivity contribution is 6.31. The van der Waals surface area contributed by atoms with Crippen molar-refractivity contribution in [3.05, 3.63) is 88.8 Å². The van der Waals surface area contributed by atoms with E-state index in [2.05, 4.69) is 4.98 Å². The lowest BCUT2D eigenvalue weighted by Crippen LogP contribution is -2.50. The average molecular weight is 448 g/mol. The van der Waals surface area contributed by atoms with Crippen molar-refractivity contribution in [3.8, 4) is 0 Å². The molecule has 7 heteroatoms. The molecule has 0 spiro atoms. The number of aromatic nitrogens is 1. The quantitative estimate of drug-likeness (QED) is 0.415. The number of nitrogens with zero attached hydrogens (tertiary/aromatic N) is 3. The lowest BCUT2D eigenvalue weighted by Gasteiger charge is -2.35. The van der Waals surface area contributed by atoms with Gasteiger partial charge in [-0.15, -0.1) is 0 Å². The summed E-state index contributed by atoms with van der Waals surface area (Å²) in [4.78, 5) is 33.9. The van der Waals surface area contributed by atoms with Crippen LogP contribution in [0.1, 0.15) is 20.7 Å². The number of rotatable bonds is 2. The van der Waals surface area contributed by atoms with Gasteiger partial charge >= 0.3 is 0 Å². The largest absolute Gasteiger partial charge is 0.335 e. The molecule has 3 aromatic carbocycles. The van der Waals surface area contributed by atoms with E-state index in [1.165, 1.54) is 18.2 Å². The highest BCUT2D eigenvalue weighted by Gasteiger charge is 2.28. The molecule has 0 N–H and O–H groups in total. The number of hydrogen-bond donors (Lipinski definition) is 0. The van der Waals surface area contributed by atoms with Gasteiger partial charge in [0.1, 0.15) is 5.82 Å². The molecule has 0 radical (unpaired) electrons. The van der Waals surface area contributed by atoms with Crippen LogP contribution in [0, 0.1) is 5.82 Å². The first kappa shape index (κ1) is 20.4. The fourth-order valence-electron chi connectivity index (χ4n) is 4.21. The van der Waals surface area contributed by atoms with E-state index in [-0.39, 0.29) is 11.5 Å². The number of halogens is 2. The van der Waals surface area contributed by atoms with Crippen LogP contribution in [-0.4, -0.2) is 52.8 Å². The first-order chi connectivity index (χ1) is 15.5. The molecule has 1 aliphatic heterocycles. The molecule has 0 atom stereocenters. The van der Waals surface area contributed by atoms with Crippen molar-refractivity contribution in [2.75, 3.05) is 26.2 Å². The van der Waals surface area contributed by atoms with Crippen LogP contribution in [0.25, 0.3) is 21.7 Å². The second-order valence-electron chi connectivity index (χ2n) is 7.75. The maximum absolute atomic E-state index is 14.1. The Morgan fingerprint density at radius 1 is 0.812 bits per heavy atom. The number of benzene rings is 3. The zero-order valence-corrected chi connectivity index (χ0v) is 17.8. The molecule has 160 valence electrons. The van der Waals surface area contributed by atoms with Crippen molar-refractivity contribution in [1.82, 2.24) is 14.8 Å². The van der Waals surface area contributed by atoms with Crippen LogP contribution >= 0.6 is 11.6 Å². The normalized spacial score (nSPS) is 14.2. The van der Waals surface area contributed by atoms with E-state index in [1.54, 1.807) is 16.0 Å². The number of fused-ring (bicyclic) bond motifs is 3. The topological polar surface area (TPSA) is 53.5 Å². The van der Waals surface area contributed by atoms with Crippen molar-refractivity contribution in [1.29, 1.82) is 0 Å². The number of pyridine rings is 1. The number of carbonyl (C=O) groups is 2. The van der Waals surface area contributed by atoms with Gasteiger partial charge in [0.05, 0.1) is 16.6 Å². The second kappa shape index (κ2) is 8.20. The Morgan fingerprint density at radius 2 is 1.47 bits per heavy atom. The van der Waals surface area contributed by atoms with E-state index in [0.29, 0.717) is 42.3 Å². The summed E-state index contributed by atoms with van der Waals surface area (Å²) >= 11 is 5.93. The van der Waals surface area contributed by atoms with Crippen molar-refractivity contribution in [2.45, 2.75) is 0 Å². The minimum absolute atomic E-state index is 0.0537. The number of hydrogen-bond acceptors (Lipinski definition) is 3. The summed E-state index contributed by atoms with van der Waals surface area (Å²) < 4.78 is 14.1. The van der Waals surface area contributed by atoms with Gasteiger partial charge in [-0.1, -0.05) is 41.9 Å². The summed E-state index contributed by atoms with van der Waals surface area (Å²) in [7, 11) is 0. The highest BCUT2D eigenvalue weighted by Crippen LogP contribution is 2.28. The summed E-state index contributed by atoms with van der Waals surface area (Å²) in [6.07, 6.45) is 1.68. The molecule has 5 nitrogen and oxygen atoms in total.